The van der Waals surface area contributed by atoms with Gasteiger partial charge < -0.3 is 10.6 Å². The third-order valence-corrected chi connectivity index (χ3v) is 5.05. The Balaban J connectivity index is 1.42. The maximum atomic E-state index is 12.1. The number of aromatic nitrogens is 1. The van der Waals surface area contributed by atoms with Crippen LogP contribution in [0.2, 0.25) is 0 Å². The Morgan fingerprint density at radius 1 is 1.28 bits per heavy atom. The number of nitrogens with one attached hydrogen (secondary N) is 2. The molecule has 1 aliphatic carbocycles. The summed E-state index contributed by atoms with van der Waals surface area (Å²) < 4.78 is 1.16. The maximum absolute atomic E-state index is 12.1. The lowest BCUT2D eigenvalue weighted by Gasteiger charge is -2.18. The summed E-state index contributed by atoms with van der Waals surface area (Å²) in [5, 5.41) is 6.93. The lowest BCUT2D eigenvalue weighted by atomic mass is 10.2. The maximum Gasteiger partial charge on any atom is 0.234 e. The summed E-state index contributed by atoms with van der Waals surface area (Å²) in [6, 6.07) is 8.39. The van der Waals surface area contributed by atoms with Crippen LogP contribution in [0, 0.1) is 0 Å². The van der Waals surface area contributed by atoms with Gasteiger partial charge in [0.1, 0.15) is 0 Å². The molecule has 0 saturated heterocycles. The highest BCUT2D eigenvalue weighted by Crippen LogP contribution is 2.22. The van der Waals surface area contributed by atoms with Gasteiger partial charge in [0.05, 0.1) is 28.3 Å². The van der Waals surface area contributed by atoms with Crippen molar-refractivity contribution >= 4 is 33.4 Å². The first kappa shape index (κ1) is 17.8. The third-order valence-electron chi connectivity index (χ3n) is 4.00. The predicted octanol–water partition coefficient (Wildman–Crippen LogP) is 1.55. The second kappa shape index (κ2) is 7.93. The van der Waals surface area contributed by atoms with Crippen LogP contribution in [-0.2, 0) is 16.0 Å². The Morgan fingerprint density at radius 2 is 2.00 bits per heavy atom. The van der Waals surface area contributed by atoms with Crippen molar-refractivity contribution in [3.8, 4) is 0 Å². The van der Waals surface area contributed by atoms with Crippen molar-refractivity contribution in [2.24, 2.45) is 0 Å². The van der Waals surface area contributed by atoms with E-state index in [0.29, 0.717) is 12.5 Å². The molecule has 25 heavy (non-hydrogen) atoms. The van der Waals surface area contributed by atoms with Crippen molar-refractivity contribution in [1.29, 1.82) is 0 Å². The molecular formula is C18H24N4O2S. The van der Waals surface area contributed by atoms with Crippen molar-refractivity contribution in [2.75, 3.05) is 20.1 Å². The lowest BCUT2D eigenvalue weighted by molar-refractivity contribution is -0.124. The molecule has 1 heterocycles. The second-order valence-corrected chi connectivity index (χ2v) is 7.88. The Kier molecular flexibility index (Phi) is 5.65. The monoisotopic (exact) mass is 360 g/mol. The van der Waals surface area contributed by atoms with Gasteiger partial charge in [-0.05, 0) is 38.9 Å². The van der Waals surface area contributed by atoms with E-state index in [1.807, 2.05) is 25.1 Å². The Hall–Kier alpha value is -1.99. The van der Waals surface area contributed by atoms with E-state index in [-0.39, 0.29) is 30.9 Å². The van der Waals surface area contributed by atoms with Gasteiger partial charge in [-0.3, -0.25) is 14.5 Å². The molecule has 1 aliphatic rings. The summed E-state index contributed by atoms with van der Waals surface area (Å²) >= 11 is 1.66. The van der Waals surface area contributed by atoms with Gasteiger partial charge in [-0.15, -0.1) is 11.3 Å². The first-order valence-electron chi connectivity index (χ1n) is 8.61. The van der Waals surface area contributed by atoms with E-state index < -0.39 is 0 Å². The van der Waals surface area contributed by atoms with Crippen molar-refractivity contribution < 1.29 is 9.59 Å². The summed E-state index contributed by atoms with van der Waals surface area (Å²) in [5.41, 5.74) is 1.00. The minimum absolute atomic E-state index is 0.00162. The standard InChI is InChI=1S/C18H24N4O2S/c1-12(9-18-21-14-5-3-4-6-15(14)25-18)19-16(23)10-22(2)11-17(24)20-13-7-8-13/h3-6,12-13H,7-11H2,1-2H3,(H,19,23)(H,20,24). The number of fused-ring (bicyclic) bond motifs is 1. The number of benzene rings is 1. The minimum Gasteiger partial charge on any atom is -0.352 e. The van der Waals surface area contributed by atoms with E-state index in [9.17, 15) is 9.59 Å². The van der Waals surface area contributed by atoms with Gasteiger partial charge in [0, 0.05) is 18.5 Å². The van der Waals surface area contributed by atoms with Crippen LogP contribution in [0.1, 0.15) is 24.8 Å². The molecule has 1 saturated carbocycles. The zero-order chi connectivity index (χ0) is 17.8. The van der Waals surface area contributed by atoms with E-state index in [0.717, 1.165) is 28.1 Å². The molecule has 1 aromatic carbocycles. The highest BCUT2D eigenvalue weighted by atomic mass is 32.1. The number of hydrogen-bond acceptors (Lipinski definition) is 5. The summed E-state index contributed by atoms with van der Waals surface area (Å²) in [6.45, 7) is 2.43. The number of nitrogens with zero attached hydrogens (tertiary/aromatic N) is 2. The van der Waals surface area contributed by atoms with Crippen molar-refractivity contribution in [3.63, 3.8) is 0 Å². The second-order valence-electron chi connectivity index (χ2n) is 6.76. The van der Waals surface area contributed by atoms with E-state index >= 15 is 0 Å². The molecule has 3 rings (SSSR count). The molecule has 2 amide bonds. The first-order valence-corrected chi connectivity index (χ1v) is 9.43. The molecule has 1 unspecified atom stereocenters. The summed E-state index contributed by atoms with van der Waals surface area (Å²) in [4.78, 5) is 30.2. The predicted molar refractivity (Wildman–Crippen MR) is 99.6 cm³/mol. The number of thiazole rings is 1. The fourth-order valence-electron chi connectivity index (χ4n) is 2.69. The largest absolute Gasteiger partial charge is 0.352 e. The van der Waals surface area contributed by atoms with Gasteiger partial charge in [0.15, 0.2) is 0 Å². The first-order chi connectivity index (χ1) is 12.0. The van der Waals surface area contributed by atoms with Gasteiger partial charge in [-0.25, -0.2) is 4.98 Å². The number of para-hydroxylation sites is 1. The van der Waals surface area contributed by atoms with Crippen LogP contribution in [0.15, 0.2) is 24.3 Å². The SMILES string of the molecule is CC(Cc1nc2ccccc2s1)NC(=O)CN(C)CC(=O)NC1CC1. The number of amides is 2. The number of carbonyl (C=O) groups is 2. The molecule has 0 aliphatic heterocycles. The van der Waals surface area contributed by atoms with Crippen molar-refractivity contribution in [1.82, 2.24) is 20.5 Å². The smallest absolute Gasteiger partial charge is 0.234 e. The van der Waals surface area contributed by atoms with Crippen LogP contribution < -0.4 is 10.6 Å². The van der Waals surface area contributed by atoms with Crippen LogP contribution in [0.5, 0.6) is 0 Å². The molecule has 1 fully saturated rings. The number of likely N-dealkylation sites (N-methyl/N-ethyl adjacent to an activating group) is 1. The fraction of sp³-hybridized carbons (Fsp3) is 0.500. The molecular weight excluding hydrogens is 336 g/mol. The molecule has 134 valence electrons. The summed E-state index contributed by atoms with van der Waals surface area (Å²) in [6.07, 6.45) is 2.84. The summed E-state index contributed by atoms with van der Waals surface area (Å²) in [5.74, 6) is -0.0874. The van der Waals surface area contributed by atoms with Crippen LogP contribution in [0.3, 0.4) is 0 Å². The van der Waals surface area contributed by atoms with Crippen LogP contribution >= 0.6 is 11.3 Å². The number of hydrogen-bond donors (Lipinski definition) is 2. The third kappa shape index (κ3) is 5.51. The van der Waals surface area contributed by atoms with Crippen LogP contribution in [0.25, 0.3) is 10.2 Å². The van der Waals surface area contributed by atoms with Gasteiger partial charge in [-0.2, -0.15) is 0 Å². The van der Waals surface area contributed by atoms with E-state index in [2.05, 4.69) is 21.7 Å². The highest BCUT2D eigenvalue weighted by Gasteiger charge is 2.23. The summed E-state index contributed by atoms with van der Waals surface area (Å²) in [7, 11) is 1.78. The minimum atomic E-state index is -0.0738. The Morgan fingerprint density at radius 3 is 2.72 bits per heavy atom. The fourth-order valence-corrected chi connectivity index (χ4v) is 3.78. The Bertz CT molecular complexity index is 723. The quantitative estimate of drug-likeness (QED) is 0.749. The van der Waals surface area contributed by atoms with Crippen LogP contribution in [0.4, 0.5) is 0 Å². The number of carbonyl (C=O) groups excluding carboxylic acids is 2. The van der Waals surface area contributed by atoms with E-state index in [1.165, 1.54) is 0 Å². The van der Waals surface area contributed by atoms with E-state index in [1.54, 1.807) is 23.3 Å². The highest BCUT2D eigenvalue weighted by molar-refractivity contribution is 7.18. The molecule has 0 radical (unpaired) electrons. The number of rotatable bonds is 8. The molecule has 0 bridgehead atoms. The topological polar surface area (TPSA) is 74.3 Å². The molecule has 1 atom stereocenters. The average Bonchev–Trinajstić information content (AvgIpc) is 3.23. The lowest BCUT2D eigenvalue weighted by Crippen LogP contribution is -2.43. The van der Waals surface area contributed by atoms with E-state index in [4.69, 9.17) is 0 Å². The van der Waals surface area contributed by atoms with Gasteiger partial charge in [0.25, 0.3) is 0 Å². The molecule has 6 nitrogen and oxygen atoms in total. The normalized spacial score (nSPS) is 15.3. The van der Waals surface area contributed by atoms with Crippen LogP contribution in [-0.4, -0.2) is 53.9 Å². The van der Waals surface area contributed by atoms with Gasteiger partial charge in [-0.1, -0.05) is 12.1 Å². The molecule has 2 aromatic rings. The van der Waals surface area contributed by atoms with Crippen molar-refractivity contribution in [3.05, 3.63) is 29.3 Å². The molecule has 2 N–H and O–H groups in total. The Labute approximate surface area is 151 Å². The molecule has 1 aromatic heterocycles. The molecule has 0 spiro atoms. The van der Waals surface area contributed by atoms with Gasteiger partial charge in [0.2, 0.25) is 11.8 Å². The molecule has 7 heteroatoms. The van der Waals surface area contributed by atoms with Crippen molar-refractivity contribution in [2.45, 2.75) is 38.3 Å². The average molecular weight is 360 g/mol. The zero-order valence-electron chi connectivity index (χ0n) is 14.6. The zero-order valence-corrected chi connectivity index (χ0v) is 15.4. The van der Waals surface area contributed by atoms with Gasteiger partial charge >= 0.3 is 0 Å².